The number of aliphatic hydroxyl groups excluding tert-OH is 1. The van der Waals surface area contributed by atoms with Crippen LogP contribution in [0.5, 0.6) is 0 Å². The van der Waals surface area contributed by atoms with E-state index >= 15 is 0 Å². The second kappa shape index (κ2) is 17.7. The van der Waals surface area contributed by atoms with E-state index in [1.807, 2.05) is 0 Å². The monoisotopic (exact) mass is 688 g/mol. The van der Waals surface area contributed by atoms with Crippen LogP contribution in [0, 0.1) is 20.2 Å². The average Bonchev–Trinajstić information content (AvgIpc) is 2.98. The summed E-state index contributed by atoms with van der Waals surface area (Å²) < 4.78 is 10.6. The van der Waals surface area contributed by atoms with Crippen LogP contribution in [0.1, 0.15) is 59.1 Å². The first kappa shape index (κ1) is 39.9. The molecule has 0 bridgehead atoms. The number of carbonyl (C=O) groups is 4. The number of alkyl carbamates (subject to hydrolysis) is 2. The number of hydrogen-bond acceptors (Lipinski definition) is 11. The molecule has 0 radical (unpaired) electrons. The van der Waals surface area contributed by atoms with Crippen molar-refractivity contribution in [2.24, 2.45) is 0 Å². The Morgan fingerprint density at radius 2 is 1.08 bits per heavy atom. The zero-order chi connectivity index (χ0) is 36.9. The normalized spacial score (nSPS) is 13.2. The zero-order valence-corrected chi connectivity index (χ0v) is 28.3. The standard InChI is InChI=1S/C32H44N6O11/c1-31(2,3)48-29(42)35-25(17-20-7-11-23(12-8-20)37(44)45)27(40)33-16-15-22(19-39)34-28(41)26(36-30(43)49-32(4,5)6)18-21-9-13-24(14-10-21)38(46)47/h7-14,22,25-26,39H,15-19H2,1-6H3,(H,33,40)(H,34,41)(H,35,42)(H,36,43)/t22-,25-,26-/m0/s1. The number of ether oxygens (including phenoxy) is 2. The van der Waals surface area contributed by atoms with E-state index in [0.29, 0.717) is 11.1 Å². The molecular weight excluding hydrogens is 644 g/mol. The Hall–Kier alpha value is -5.32. The van der Waals surface area contributed by atoms with E-state index in [1.165, 1.54) is 48.5 Å². The summed E-state index contributed by atoms with van der Waals surface area (Å²) in [6.07, 6.45) is -1.77. The van der Waals surface area contributed by atoms with Gasteiger partial charge in [-0.3, -0.25) is 29.8 Å². The molecule has 0 spiro atoms. The second-order valence-corrected chi connectivity index (χ2v) is 13.1. The van der Waals surface area contributed by atoms with E-state index in [9.17, 15) is 44.5 Å². The van der Waals surface area contributed by atoms with Crippen LogP contribution in [0.25, 0.3) is 0 Å². The van der Waals surface area contributed by atoms with E-state index < -0.39 is 69.8 Å². The van der Waals surface area contributed by atoms with Crippen molar-refractivity contribution >= 4 is 35.4 Å². The first-order valence-corrected chi connectivity index (χ1v) is 15.4. The number of hydrogen-bond donors (Lipinski definition) is 5. The highest BCUT2D eigenvalue weighted by Crippen LogP contribution is 2.16. The van der Waals surface area contributed by atoms with Gasteiger partial charge in [0.15, 0.2) is 0 Å². The number of aliphatic hydroxyl groups is 1. The number of nitrogens with one attached hydrogen (secondary N) is 4. The first-order valence-electron chi connectivity index (χ1n) is 15.4. The van der Waals surface area contributed by atoms with Gasteiger partial charge in [-0.1, -0.05) is 24.3 Å². The van der Waals surface area contributed by atoms with Gasteiger partial charge < -0.3 is 35.8 Å². The summed E-state index contributed by atoms with van der Waals surface area (Å²) in [5.74, 6) is -1.30. The summed E-state index contributed by atoms with van der Waals surface area (Å²) in [4.78, 5) is 72.4. The van der Waals surface area contributed by atoms with Crippen LogP contribution in [0.4, 0.5) is 21.0 Å². The van der Waals surface area contributed by atoms with Crippen molar-refractivity contribution in [2.75, 3.05) is 13.2 Å². The predicted molar refractivity (Wildman–Crippen MR) is 177 cm³/mol. The van der Waals surface area contributed by atoms with Crippen molar-refractivity contribution in [2.45, 2.75) is 90.1 Å². The maximum atomic E-state index is 13.3. The van der Waals surface area contributed by atoms with Gasteiger partial charge in [-0.25, -0.2) is 9.59 Å². The van der Waals surface area contributed by atoms with Crippen LogP contribution >= 0.6 is 0 Å². The first-order chi connectivity index (χ1) is 22.8. The van der Waals surface area contributed by atoms with Gasteiger partial charge in [0.25, 0.3) is 11.4 Å². The fourth-order valence-electron chi connectivity index (χ4n) is 4.30. The second-order valence-electron chi connectivity index (χ2n) is 13.1. The Kier molecular flexibility index (Phi) is 14.4. The van der Waals surface area contributed by atoms with E-state index in [1.54, 1.807) is 41.5 Å². The summed E-state index contributed by atoms with van der Waals surface area (Å²) in [6.45, 7) is 9.32. The Balaban J connectivity index is 2.11. The summed E-state index contributed by atoms with van der Waals surface area (Å²) in [6, 6.07) is 7.71. The van der Waals surface area contributed by atoms with Crippen molar-refractivity contribution in [1.82, 2.24) is 21.3 Å². The Labute approximate surface area is 283 Å². The average molecular weight is 689 g/mol. The minimum absolute atomic E-state index is 0.0239. The minimum atomic E-state index is -1.19. The highest BCUT2D eigenvalue weighted by atomic mass is 16.6. The minimum Gasteiger partial charge on any atom is -0.444 e. The van der Waals surface area contributed by atoms with Gasteiger partial charge in [0.05, 0.1) is 22.5 Å². The molecule has 49 heavy (non-hydrogen) atoms. The molecule has 2 rings (SSSR count). The van der Waals surface area contributed by atoms with Crippen LogP contribution in [0.2, 0.25) is 0 Å². The lowest BCUT2D eigenvalue weighted by Gasteiger charge is -2.25. The van der Waals surface area contributed by atoms with Gasteiger partial charge in [0.2, 0.25) is 11.8 Å². The van der Waals surface area contributed by atoms with E-state index in [2.05, 4.69) is 21.3 Å². The molecule has 17 nitrogen and oxygen atoms in total. The highest BCUT2D eigenvalue weighted by molar-refractivity contribution is 5.87. The van der Waals surface area contributed by atoms with Crippen LogP contribution in [-0.2, 0) is 31.9 Å². The van der Waals surface area contributed by atoms with Gasteiger partial charge in [-0.15, -0.1) is 0 Å². The summed E-state index contributed by atoms with van der Waals surface area (Å²) >= 11 is 0. The van der Waals surface area contributed by atoms with Crippen LogP contribution in [-0.4, -0.2) is 81.4 Å². The molecule has 5 N–H and O–H groups in total. The van der Waals surface area contributed by atoms with Crippen LogP contribution in [0.15, 0.2) is 48.5 Å². The smallest absolute Gasteiger partial charge is 0.408 e. The molecule has 0 unspecified atom stereocenters. The van der Waals surface area contributed by atoms with Crippen molar-refractivity contribution in [1.29, 1.82) is 0 Å². The maximum absolute atomic E-state index is 13.3. The van der Waals surface area contributed by atoms with E-state index in [-0.39, 0.29) is 37.2 Å². The third-order valence-corrected chi connectivity index (χ3v) is 6.55. The van der Waals surface area contributed by atoms with E-state index in [4.69, 9.17) is 9.47 Å². The number of carbonyl (C=O) groups excluding carboxylic acids is 4. The molecule has 4 amide bonds. The third kappa shape index (κ3) is 15.0. The van der Waals surface area contributed by atoms with Crippen molar-refractivity contribution in [3.8, 4) is 0 Å². The topological polar surface area (TPSA) is 241 Å². The lowest BCUT2D eigenvalue weighted by atomic mass is 10.0. The highest BCUT2D eigenvalue weighted by Gasteiger charge is 2.28. The SMILES string of the molecule is CC(C)(C)OC(=O)N[C@@H](Cc1ccc([N+](=O)[O-])cc1)C(=O)NCC[C@@H](CO)NC(=O)[C@H](Cc1ccc([N+](=O)[O-])cc1)NC(=O)OC(C)(C)C. The molecule has 0 aliphatic rings. The van der Waals surface area contributed by atoms with Gasteiger partial charge in [0, 0.05) is 43.7 Å². The zero-order valence-electron chi connectivity index (χ0n) is 28.3. The van der Waals surface area contributed by atoms with Gasteiger partial charge in [-0.05, 0) is 59.1 Å². The number of non-ortho nitro benzene ring substituents is 2. The molecule has 0 aliphatic heterocycles. The molecule has 0 saturated heterocycles. The van der Waals surface area contributed by atoms with Crippen LogP contribution in [0.3, 0.4) is 0 Å². The number of amides is 4. The van der Waals surface area contributed by atoms with Gasteiger partial charge >= 0.3 is 12.2 Å². The molecule has 2 aromatic rings. The molecule has 268 valence electrons. The van der Waals surface area contributed by atoms with Gasteiger partial charge in [-0.2, -0.15) is 0 Å². The lowest BCUT2D eigenvalue weighted by molar-refractivity contribution is -0.385. The molecule has 2 aromatic carbocycles. The number of rotatable bonds is 15. The lowest BCUT2D eigenvalue weighted by Crippen LogP contribution is -2.53. The van der Waals surface area contributed by atoms with E-state index in [0.717, 1.165) is 0 Å². The Morgan fingerprint density at radius 1 is 0.694 bits per heavy atom. The fourth-order valence-corrected chi connectivity index (χ4v) is 4.30. The summed E-state index contributed by atoms with van der Waals surface area (Å²) in [5.41, 5.74) is -0.967. The molecule has 0 saturated carbocycles. The van der Waals surface area contributed by atoms with Crippen molar-refractivity contribution in [3.05, 3.63) is 79.9 Å². The number of nitro groups is 2. The van der Waals surface area contributed by atoms with Crippen LogP contribution < -0.4 is 21.3 Å². The molecular formula is C32H44N6O11. The molecule has 0 heterocycles. The predicted octanol–water partition coefficient (Wildman–Crippen LogP) is 3.06. The molecule has 17 heteroatoms. The number of nitro benzene ring substituents is 2. The number of nitrogens with zero attached hydrogens (tertiary/aromatic N) is 2. The largest absolute Gasteiger partial charge is 0.444 e. The number of benzene rings is 2. The molecule has 3 atom stereocenters. The van der Waals surface area contributed by atoms with Crippen molar-refractivity contribution < 1.29 is 43.6 Å². The fraction of sp³-hybridized carbons (Fsp3) is 0.500. The molecule has 0 aromatic heterocycles. The molecule has 0 aliphatic carbocycles. The summed E-state index contributed by atoms with van der Waals surface area (Å²) in [5, 5.41) is 42.3. The third-order valence-electron chi connectivity index (χ3n) is 6.55. The summed E-state index contributed by atoms with van der Waals surface area (Å²) in [7, 11) is 0. The Bertz CT molecular complexity index is 1470. The quantitative estimate of drug-likeness (QED) is 0.134. The van der Waals surface area contributed by atoms with Crippen molar-refractivity contribution in [3.63, 3.8) is 0 Å². The maximum Gasteiger partial charge on any atom is 0.408 e. The molecule has 0 fully saturated rings. The Morgan fingerprint density at radius 3 is 1.43 bits per heavy atom. The van der Waals surface area contributed by atoms with Gasteiger partial charge in [0.1, 0.15) is 23.3 Å².